The van der Waals surface area contributed by atoms with Crippen LogP contribution in [0.2, 0.25) is 0 Å². The molecule has 1 saturated heterocycles. The molecule has 2 aromatic rings. The summed E-state index contributed by atoms with van der Waals surface area (Å²) in [6, 6.07) is 9.94. The van der Waals surface area contributed by atoms with Crippen LogP contribution in [0.15, 0.2) is 41.3 Å². The van der Waals surface area contributed by atoms with Gasteiger partial charge in [-0.15, -0.1) is 0 Å². The van der Waals surface area contributed by atoms with Gasteiger partial charge in [0.1, 0.15) is 5.56 Å². The minimum atomic E-state index is -0.387. The lowest BCUT2D eigenvalue weighted by molar-refractivity contribution is 0.102. The fourth-order valence-electron chi connectivity index (χ4n) is 4.30. The van der Waals surface area contributed by atoms with E-state index in [2.05, 4.69) is 32.5 Å². The molecule has 4 rings (SSSR count). The Kier molecular flexibility index (Phi) is 6.38. The van der Waals surface area contributed by atoms with Gasteiger partial charge >= 0.3 is 0 Å². The van der Waals surface area contributed by atoms with E-state index in [0.717, 1.165) is 44.7 Å². The highest BCUT2D eigenvalue weighted by Crippen LogP contribution is 2.24. The summed E-state index contributed by atoms with van der Waals surface area (Å²) in [5.74, 6) is -0.387. The van der Waals surface area contributed by atoms with Crippen LogP contribution in [0.1, 0.15) is 42.5 Å². The van der Waals surface area contributed by atoms with Crippen molar-refractivity contribution in [2.75, 3.05) is 48.8 Å². The third-order valence-corrected chi connectivity index (χ3v) is 6.15. The van der Waals surface area contributed by atoms with Crippen LogP contribution in [-0.4, -0.2) is 55.1 Å². The van der Waals surface area contributed by atoms with Gasteiger partial charge in [0, 0.05) is 49.8 Å². The number of amides is 1. The van der Waals surface area contributed by atoms with Crippen LogP contribution in [-0.2, 0) is 0 Å². The molecule has 0 spiro atoms. The molecule has 7 heteroatoms. The lowest BCUT2D eigenvalue weighted by Crippen LogP contribution is -2.44. The molecule has 2 heterocycles. The van der Waals surface area contributed by atoms with Crippen molar-refractivity contribution < 1.29 is 4.79 Å². The molecule has 1 amide bonds. The van der Waals surface area contributed by atoms with Crippen molar-refractivity contribution in [1.82, 2.24) is 9.88 Å². The van der Waals surface area contributed by atoms with Gasteiger partial charge in [-0.1, -0.05) is 19.3 Å². The first-order valence-corrected chi connectivity index (χ1v) is 10.9. The smallest absolute Gasteiger partial charge is 0.263 e. The molecule has 7 nitrogen and oxygen atoms in total. The van der Waals surface area contributed by atoms with Crippen LogP contribution in [0.5, 0.6) is 0 Å². The number of aromatic nitrogens is 1. The van der Waals surface area contributed by atoms with Crippen LogP contribution in [0.4, 0.5) is 17.1 Å². The Labute approximate surface area is 177 Å². The van der Waals surface area contributed by atoms with Gasteiger partial charge in [0.2, 0.25) is 0 Å². The highest BCUT2D eigenvalue weighted by molar-refractivity contribution is 6.07. The van der Waals surface area contributed by atoms with Crippen LogP contribution >= 0.6 is 0 Å². The summed E-state index contributed by atoms with van der Waals surface area (Å²) in [7, 11) is 2.14. The first-order valence-electron chi connectivity index (χ1n) is 10.9. The molecule has 1 aromatic heterocycles. The average molecular weight is 410 g/mol. The fourth-order valence-corrected chi connectivity index (χ4v) is 4.30. The topological polar surface area (TPSA) is 80.5 Å². The molecule has 3 N–H and O–H groups in total. The van der Waals surface area contributed by atoms with E-state index in [-0.39, 0.29) is 17.0 Å². The van der Waals surface area contributed by atoms with Crippen LogP contribution in [0, 0.1) is 0 Å². The molecule has 2 aliphatic rings. The summed E-state index contributed by atoms with van der Waals surface area (Å²) >= 11 is 0. The second-order valence-electron chi connectivity index (χ2n) is 8.37. The lowest BCUT2D eigenvalue weighted by atomic mass is 9.95. The van der Waals surface area contributed by atoms with E-state index in [9.17, 15) is 9.59 Å². The van der Waals surface area contributed by atoms with E-state index in [1.165, 1.54) is 19.3 Å². The predicted octanol–water partition coefficient (Wildman–Crippen LogP) is 3.12. The standard InChI is InChI=1S/C23H31N5O2/c1-27-13-15-28(16-14-27)19-9-7-18(8-10-19)26-23(30)21-20(11-12-24-22(21)29)25-17-5-3-2-4-6-17/h7-12,17H,2-6,13-16H2,1H3,(H,26,30)(H2,24,25,29). The maximum atomic E-state index is 12.9. The Balaban J connectivity index is 1.45. The monoisotopic (exact) mass is 409 g/mol. The zero-order valence-corrected chi connectivity index (χ0v) is 17.6. The number of nitrogens with zero attached hydrogens (tertiary/aromatic N) is 2. The van der Waals surface area contributed by atoms with Crippen LogP contribution in [0.25, 0.3) is 0 Å². The molecular formula is C23H31N5O2. The molecule has 2 fully saturated rings. The number of carbonyl (C=O) groups is 1. The number of H-pyrrole nitrogens is 1. The molecule has 30 heavy (non-hydrogen) atoms. The minimum absolute atomic E-state index is 0.145. The van der Waals surface area contributed by atoms with E-state index in [0.29, 0.717) is 17.4 Å². The normalized spacial score (nSPS) is 18.2. The number of likely N-dealkylation sites (N-methyl/N-ethyl adjacent to an activating group) is 1. The molecule has 1 saturated carbocycles. The van der Waals surface area contributed by atoms with E-state index in [1.807, 2.05) is 24.3 Å². The SMILES string of the molecule is CN1CCN(c2ccc(NC(=O)c3c(NC4CCCCC4)cc[nH]c3=O)cc2)CC1. The number of anilines is 3. The van der Waals surface area contributed by atoms with Gasteiger partial charge < -0.3 is 25.4 Å². The molecule has 1 aliphatic carbocycles. The molecule has 0 atom stereocenters. The Morgan fingerprint density at radius 3 is 2.40 bits per heavy atom. The van der Waals surface area contributed by atoms with Crippen molar-refractivity contribution in [3.8, 4) is 0 Å². The summed E-state index contributed by atoms with van der Waals surface area (Å²) in [5.41, 5.74) is 2.22. The number of carbonyl (C=O) groups excluding carboxylic acids is 1. The van der Waals surface area contributed by atoms with E-state index >= 15 is 0 Å². The zero-order valence-electron chi connectivity index (χ0n) is 17.6. The highest BCUT2D eigenvalue weighted by atomic mass is 16.2. The van der Waals surface area contributed by atoms with Gasteiger partial charge in [0.15, 0.2) is 0 Å². The van der Waals surface area contributed by atoms with Gasteiger partial charge in [0.25, 0.3) is 11.5 Å². The van der Waals surface area contributed by atoms with E-state index < -0.39 is 0 Å². The number of benzene rings is 1. The quantitative estimate of drug-likeness (QED) is 0.707. The highest BCUT2D eigenvalue weighted by Gasteiger charge is 2.20. The third kappa shape index (κ3) is 4.84. The predicted molar refractivity (Wildman–Crippen MR) is 122 cm³/mol. The molecule has 1 aromatic carbocycles. The second kappa shape index (κ2) is 9.34. The Bertz CT molecular complexity index is 910. The maximum Gasteiger partial charge on any atom is 0.263 e. The Morgan fingerprint density at radius 2 is 1.70 bits per heavy atom. The summed E-state index contributed by atoms with van der Waals surface area (Å²) in [6.45, 7) is 4.09. The van der Waals surface area contributed by atoms with Crippen molar-refractivity contribution in [1.29, 1.82) is 0 Å². The number of pyridine rings is 1. The summed E-state index contributed by atoms with van der Waals surface area (Å²) in [5, 5.41) is 6.31. The van der Waals surface area contributed by atoms with Crippen molar-refractivity contribution in [2.45, 2.75) is 38.1 Å². The van der Waals surface area contributed by atoms with Gasteiger partial charge in [-0.25, -0.2) is 0 Å². The lowest BCUT2D eigenvalue weighted by Gasteiger charge is -2.34. The van der Waals surface area contributed by atoms with Gasteiger partial charge in [-0.3, -0.25) is 9.59 Å². The number of rotatable bonds is 5. The molecule has 0 unspecified atom stereocenters. The molecule has 0 bridgehead atoms. The van der Waals surface area contributed by atoms with Gasteiger partial charge in [-0.2, -0.15) is 0 Å². The fraction of sp³-hybridized carbons (Fsp3) is 0.478. The number of piperazine rings is 1. The molecule has 1 aliphatic heterocycles. The van der Waals surface area contributed by atoms with E-state index in [1.54, 1.807) is 12.3 Å². The van der Waals surface area contributed by atoms with Crippen LogP contribution in [0.3, 0.4) is 0 Å². The average Bonchev–Trinajstić information content (AvgIpc) is 2.76. The first-order chi connectivity index (χ1) is 14.6. The van der Waals surface area contributed by atoms with Crippen molar-refractivity contribution in [3.05, 3.63) is 52.4 Å². The summed E-state index contributed by atoms with van der Waals surface area (Å²) in [6.07, 6.45) is 7.35. The largest absolute Gasteiger partial charge is 0.381 e. The minimum Gasteiger partial charge on any atom is -0.381 e. The van der Waals surface area contributed by atoms with Crippen molar-refractivity contribution >= 4 is 23.0 Å². The van der Waals surface area contributed by atoms with Gasteiger partial charge in [-0.05, 0) is 50.2 Å². The van der Waals surface area contributed by atoms with Gasteiger partial charge in [0.05, 0.1) is 5.69 Å². The maximum absolute atomic E-state index is 12.9. The number of hydrogen-bond donors (Lipinski definition) is 3. The Morgan fingerprint density at radius 1 is 1.00 bits per heavy atom. The van der Waals surface area contributed by atoms with E-state index in [4.69, 9.17) is 0 Å². The molecule has 0 radical (unpaired) electrons. The molecule has 160 valence electrons. The Hall–Kier alpha value is -2.80. The number of nitrogens with one attached hydrogen (secondary N) is 3. The molecular weight excluding hydrogens is 378 g/mol. The number of aromatic amines is 1. The zero-order chi connectivity index (χ0) is 20.9. The summed E-state index contributed by atoms with van der Waals surface area (Å²) in [4.78, 5) is 32.7. The number of hydrogen-bond acceptors (Lipinski definition) is 5. The van der Waals surface area contributed by atoms with Crippen molar-refractivity contribution in [2.24, 2.45) is 0 Å². The van der Waals surface area contributed by atoms with Crippen molar-refractivity contribution in [3.63, 3.8) is 0 Å². The summed E-state index contributed by atoms with van der Waals surface area (Å²) < 4.78 is 0. The second-order valence-corrected chi connectivity index (χ2v) is 8.37. The first kappa shape index (κ1) is 20.5. The third-order valence-electron chi connectivity index (χ3n) is 6.15. The van der Waals surface area contributed by atoms with Crippen LogP contribution < -0.4 is 21.1 Å².